The van der Waals surface area contributed by atoms with E-state index in [4.69, 9.17) is 11.6 Å². The molecule has 2 unspecified atom stereocenters. The smallest absolute Gasteiger partial charge is 0.0417 e. The summed E-state index contributed by atoms with van der Waals surface area (Å²) in [6.07, 6.45) is 6.60. The number of rotatable bonds is 10. The van der Waals surface area contributed by atoms with E-state index in [2.05, 4.69) is 32.3 Å². The van der Waals surface area contributed by atoms with Crippen LogP contribution in [0, 0.1) is 5.92 Å². The van der Waals surface area contributed by atoms with Gasteiger partial charge in [-0.2, -0.15) is 0 Å². The summed E-state index contributed by atoms with van der Waals surface area (Å²) in [4.78, 5) is 1.26. The van der Waals surface area contributed by atoms with Gasteiger partial charge < -0.3 is 5.32 Å². The molecule has 0 aliphatic rings. The van der Waals surface area contributed by atoms with E-state index in [1.54, 1.807) is 0 Å². The van der Waals surface area contributed by atoms with Gasteiger partial charge in [0.2, 0.25) is 0 Å². The minimum atomic E-state index is 0.584. The van der Waals surface area contributed by atoms with E-state index in [-0.39, 0.29) is 0 Å². The van der Waals surface area contributed by atoms with Crippen LogP contribution in [0.15, 0.2) is 29.2 Å². The third kappa shape index (κ3) is 7.01. The molecule has 0 amide bonds. The maximum atomic E-state index is 6.03. The van der Waals surface area contributed by atoms with E-state index in [0.29, 0.717) is 6.04 Å². The molecule has 1 N–H and O–H groups in total. The first-order valence-corrected chi connectivity index (χ1v) is 9.11. The van der Waals surface area contributed by atoms with Crippen molar-refractivity contribution in [3.63, 3.8) is 0 Å². The minimum absolute atomic E-state index is 0.584. The van der Waals surface area contributed by atoms with E-state index in [0.717, 1.165) is 16.7 Å². The predicted molar refractivity (Wildman–Crippen MR) is 92.9 cm³/mol. The van der Waals surface area contributed by atoms with Crippen LogP contribution in [-0.2, 0) is 0 Å². The molecule has 0 saturated carbocycles. The van der Waals surface area contributed by atoms with Crippen LogP contribution in [-0.4, -0.2) is 18.8 Å². The lowest BCUT2D eigenvalue weighted by molar-refractivity contribution is 0.375. The molecule has 0 saturated heterocycles. The second-order valence-corrected chi connectivity index (χ2v) is 6.94. The lowest BCUT2D eigenvalue weighted by atomic mass is 9.93. The van der Waals surface area contributed by atoms with Crippen molar-refractivity contribution in [1.29, 1.82) is 0 Å². The molecular weight excluding hydrogens is 286 g/mol. The molecule has 20 heavy (non-hydrogen) atoms. The molecule has 0 radical (unpaired) electrons. The third-order valence-electron chi connectivity index (χ3n) is 3.82. The number of thioether (sulfide) groups is 1. The third-order valence-corrected chi connectivity index (χ3v) is 5.21. The van der Waals surface area contributed by atoms with Gasteiger partial charge in [0.1, 0.15) is 0 Å². The lowest BCUT2D eigenvalue weighted by Gasteiger charge is -2.22. The Morgan fingerprint density at radius 2 is 2.10 bits per heavy atom. The largest absolute Gasteiger partial charge is 0.316 e. The Morgan fingerprint density at radius 1 is 1.30 bits per heavy atom. The summed E-state index contributed by atoms with van der Waals surface area (Å²) in [6, 6.07) is 8.72. The van der Waals surface area contributed by atoms with Crippen molar-refractivity contribution in [1.82, 2.24) is 5.32 Å². The zero-order valence-electron chi connectivity index (χ0n) is 13.0. The highest BCUT2D eigenvalue weighted by Crippen LogP contribution is 2.25. The van der Waals surface area contributed by atoms with Crippen LogP contribution in [0.25, 0.3) is 0 Å². The topological polar surface area (TPSA) is 12.0 Å². The highest BCUT2D eigenvalue weighted by molar-refractivity contribution is 7.99. The maximum absolute atomic E-state index is 6.03. The molecule has 1 aromatic rings. The van der Waals surface area contributed by atoms with Gasteiger partial charge in [0, 0.05) is 21.7 Å². The number of unbranched alkanes of at least 4 members (excludes halogenated alkanes) is 1. The molecule has 0 aliphatic carbocycles. The molecule has 2 atom stereocenters. The molecule has 0 aromatic heterocycles. The van der Waals surface area contributed by atoms with Gasteiger partial charge in [0.25, 0.3) is 0 Å². The molecule has 1 nitrogen and oxygen atoms in total. The highest BCUT2D eigenvalue weighted by Gasteiger charge is 2.14. The Balaban J connectivity index is 2.41. The zero-order chi connectivity index (χ0) is 14.8. The Hall–Kier alpha value is -0.180. The second-order valence-electron chi connectivity index (χ2n) is 5.41. The Bertz CT molecular complexity index is 370. The Labute approximate surface area is 133 Å². The van der Waals surface area contributed by atoms with E-state index in [1.165, 1.54) is 37.0 Å². The summed E-state index contributed by atoms with van der Waals surface area (Å²) < 4.78 is 0. The molecule has 0 fully saturated rings. The van der Waals surface area contributed by atoms with Crippen LogP contribution in [0.1, 0.15) is 46.0 Å². The average molecular weight is 314 g/mol. The molecule has 0 aliphatic heterocycles. The van der Waals surface area contributed by atoms with Crippen molar-refractivity contribution >= 4 is 23.4 Å². The number of benzene rings is 1. The highest BCUT2D eigenvalue weighted by atomic mass is 35.5. The SMILES string of the molecule is CCCCC(CC)CC(CSc1cccc(Cl)c1)NC. The summed E-state index contributed by atoms with van der Waals surface area (Å²) in [7, 11) is 2.08. The van der Waals surface area contributed by atoms with Crippen molar-refractivity contribution in [2.45, 2.75) is 56.9 Å². The van der Waals surface area contributed by atoms with Gasteiger partial charge in [0.15, 0.2) is 0 Å². The molecule has 1 rings (SSSR count). The standard InChI is InChI=1S/C17H28ClNS/c1-4-6-8-14(5-2)11-16(19-3)13-20-17-10-7-9-15(18)12-17/h7,9-10,12,14,16,19H,4-6,8,11,13H2,1-3H3. The van der Waals surface area contributed by atoms with E-state index in [9.17, 15) is 0 Å². The zero-order valence-corrected chi connectivity index (χ0v) is 14.6. The lowest BCUT2D eigenvalue weighted by Crippen LogP contribution is -2.30. The quantitative estimate of drug-likeness (QED) is 0.562. The summed E-state index contributed by atoms with van der Waals surface area (Å²) in [5.74, 6) is 1.96. The van der Waals surface area contributed by atoms with Crippen molar-refractivity contribution in [2.75, 3.05) is 12.8 Å². The Morgan fingerprint density at radius 3 is 2.70 bits per heavy atom. The molecule has 0 bridgehead atoms. The van der Waals surface area contributed by atoms with Crippen molar-refractivity contribution < 1.29 is 0 Å². The average Bonchev–Trinajstić information content (AvgIpc) is 2.47. The number of halogens is 1. The van der Waals surface area contributed by atoms with Crippen LogP contribution < -0.4 is 5.32 Å². The summed E-state index contributed by atoms with van der Waals surface area (Å²) in [6.45, 7) is 4.59. The molecule has 0 spiro atoms. The first-order valence-electron chi connectivity index (χ1n) is 7.75. The van der Waals surface area contributed by atoms with E-state index < -0.39 is 0 Å². The normalized spacial score (nSPS) is 14.2. The van der Waals surface area contributed by atoms with Crippen molar-refractivity contribution in [3.05, 3.63) is 29.3 Å². The molecule has 3 heteroatoms. The van der Waals surface area contributed by atoms with Crippen molar-refractivity contribution in [3.8, 4) is 0 Å². The Kier molecular flexibility index (Phi) is 9.41. The van der Waals surface area contributed by atoms with Gasteiger partial charge in [-0.05, 0) is 37.6 Å². The minimum Gasteiger partial charge on any atom is -0.316 e. The number of nitrogens with one attached hydrogen (secondary N) is 1. The van der Waals surface area contributed by atoms with Crippen LogP contribution in [0.3, 0.4) is 0 Å². The fourth-order valence-corrected chi connectivity index (χ4v) is 3.74. The van der Waals surface area contributed by atoms with Gasteiger partial charge in [-0.25, -0.2) is 0 Å². The number of hydrogen-bond acceptors (Lipinski definition) is 2. The monoisotopic (exact) mass is 313 g/mol. The summed E-state index contributed by atoms with van der Waals surface area (Å²) in [5, 5.41) is 4.30. The van der Waals surface area contributed by atoms with Gasteiger partial charge >= 0.3 is 0 Å². The number of hydrogen-bond donors (Lipinski definition) is 1. The molecular formula is C17H28ClNS. The first-order chi connectivity index (χ1) is 9.69. The van der Waals surface area contributed by atoms with Gasteiger partial charge in [0.05, 0.1) is 0 Å². The van der Waals surface area contributed by atoms with E-state index in [1.807, 2.05) is 30.0 Å². The fourth-order valence-electron chi connectivity index (χ4n) is 2.41. The maximum Gasteiger partial charge on any atom is 0.0417 e. The fraction of sp³-hybridized carbons (Fsp3) is 0.647. The summed E-state index contributed by atoms with van der Waals surface area (Å²) >= 11 is 7.93. The van der Waals surface area contributed by atoms with Gasteiger partial charge in [-0.3, -0.25) is 0 Å². The van der Waals surface area contributed by atoms with Crippen LogP contribution in [0.2, 0.25) is 5.02 Å². The van der Waals surface area contributed by atoms with Crippen LogP contribution >= 0.6 is 23.4 Å². The molecule has 1 aromatic carbocycles. The second kappa shape index (κ2) is 10.5. The van der Waals surface area contributed by atoms with Gasteiger partial charge in [-0.15, -0.1) is 11.8 Å². The molecule has 114 valence electrons. The predicted octanol–water partition coefficient (Wildman–Crippen LogP) is 5.63. The van der Waals surface area contributed by atoms with Gasteiger partial charge in [-0.1, -0.05) is 57.2 Å². The molecule has 0 heterocycles. The van der Waals surface area contributed by atoms with Crippen molar-refractivity contribution in [2.24, 2.45) is 5.92 Å². The van der Waals surface area contributed by atoms with E-state index >= 15 is 0 Å². The first kappa shape index (κ1) is 17.9. The summed E-state index contributed by atoms with van der Waals surface area (Å²) in [5.41, 5.74) is 0. The van der Waals surface area contributed by atoms with Crippen LogP contribution in [0.4, 0.5) is 0 Å². The van der Waals surface area contributed by atoms with Crippen LogP contribution in [0.5, 0.6) is 0 Å².